The van der Waals surface area contributed by atoms with Crippen molar-refractivity contribution < 1.29 is 0 Å². The second kappa shape index (κ2) is 3.81. The Morgan fingerprint density at radius 3 is 2.75 bits per heavy atom. The number of hydrogen-bond acceptors (Lipinski definition) is 4. The molecule has 1 aliphatic carbocycles. The van der Waals surface area contributed by atoms with E-state index >= 15 is 0 Å². The fraction of sp³-hybridized carbons (Fsp3) is 0.364. The molecule has 2 heterocycles. The molecule has 0 radical (unpaired) electrons. The van der Waals surface area contributed by atoms with E-state index in [1.54, 1.807) is 22.7 Å². The lowest BCUT2D eigenvalue weighted by Gasteiger charge is -2.35. The van der Waals surface area contributed by atoms with Crippen LogP contribution in [-0.2, 0) is 5.54 Å². The number of thiophene rings is 1. The summed E-state index contributed by atoms with van der Waals surface area (Å²) in [5.41, 5.74) is 7.11. The Hall–Kier alpha value is -0.420. The number of hydrogen-bond donors (Lipinski definition) is 1. The maximum absolute atomic E-state index is 6.25. The van der Waals surface area contributed by atoms with Gasteiger partial charge < -0.3 is 5.73 Å². The van der Waals surface area contributed by atoms with Crippen molar-refractivity contribution in [3.63, 3.8) is 0 Å². The zero-order valence-corrected chi connectivity index (χ0v) is 11.0. The zero-order valence-electron chi connectivity index (χ0n) is 8.57. The lowest BCUT2D eigenvalue weighted by Crippen LogP contribution is -2.43. The van der Waals surface area contributed by atoms with Gasteiger partial charge in [-0.25, -0.2) is 4.98 Å². The van der Waals surface area contributed by atoms with Crippen molar-refractivity contribution in [3.8, 4) is 10.6 Å². The van der Waals surface area contributed by atoms with Crippen LogP contribution in [0.15, 0.2) is 17.5 Å². The van der Waals surface area contributed by atoms with E-state index in [0.717, 1.165) is 32.8 Å². The van der Waals surface area contributed by atoms with Crippen molar-refractivity contribution in [2.75, 3.05) is 0 Å². The molecule has 0 unspecified atom stereocenters. The molecule has 0 amide bonds. The highest BCUT2D eigenvalue weighted by Gasteiger charge is 2.37. The lowest BCUT2D eigenvalue weighted by atomic mass is 9.78. The Balaban J connectivity index is 1.93. The summed E-state index contributed by atoms with van der Waals surface area (Å²) in [7, 11) is 0. The summed E-state index contributed by atoms with van der Waals surface area (Å²) < 4.78 is 0.802. The van der Waals surface area contributed by atoms with Gasteiger partial charge in [0.2, 0.25) is 0 Å². The quantitative estimate of drug-likeness (QED) is 0.900. The molecule has 1 saturated carbocycles. The topological polar surface area (TPSA) is 38.9 Å². The summed E-state index contributed by atoms with van der Waals surface area (Å²) in [5.74, 6) is 0. The van der Waals surface area contributed by atoms with Gasteiger partial charge in [0.05, 0.1) is 20.4 Å². The minimum absolute atomic E-state index is 0.149. The van der Waals surface area contributed by atoms with Crippen molar-refractivity contribution in [2.24, 2.45) is 5.73 Å². The first kappa shape index (κ1) is 10.7. The van der Waals surface area contributed by atoms with Crippen LogP contribution in [0.5, 0.6) is 0 Å². The number of thiazole rings is 1. The van der Waals surface area contributed by atoms with E-state index in [1.165, 1.54) is 6.42 Å². The average Bonchev–Trinajstić information content (AvgIpc) is 2.82. The van der Waals surface area contributed by atoms with Crippen LogP contribution in [0.4, 0.5) is 0 Å². The highest BCUT2D eigenvalue weighted by Crippen LogP contribution is 2.41. The maximum Gasteiger partial charge on any atom is 0.113 e. The summed E-state index contributed by atoms with van der Waals surface area (Å²) in [6.45, 7) is 0. The van der Waals surface area contributed by atoms with Crippen molar-refractivity contribution >= 4 is 34.3 Å². The Kier molecular flexibility index (Phi) is 2.55. The molecule has 0 saturated heterocycles. The van der Waals surface area contributed by atoms with E-state index in [-0.39, 0.29) is 5.54 Å². The van der Waals surface area contributed by atoms with Crippen LogP contribution in [-0.4, -0.2) is 4.98 Å². The maximum atomic E-state index is 6.25. The lowest BCUT2D eigenvalue weighted by molar-refractivity contribution is 0.253. The van der Waals surface area contributed by atoms with Crippen LogP contribution in [0.3, 0.4) is 0 Å². The number of rotatable bonds is 2. The van der Waals surface area contributed by atoms with Crippen molar-refractivity contribution in [1.82, 2.24) is 4.98 Å². The minimum atomic E-state index is -0.149. The molecule has 2 N–H and O–H groups in total. The van der Waals surface area contributed by atoms with E-state index in [4.69, 9.17) is 17.3 Å². The number of halogens is 1. The third-order valence-electron chi connectivity index (χ3n) is 3.00. The number of aromatic nitrogens is 1. The molecule has 0 bridgehead atoms. The molecule has 2 nitrogen and oxygen atoms in total. The molecular weight excluding hydrogens is 260 g/mol. The molecule has 1 aliphatic rings. The van der Waals surface area contributed by atoms with E-state index in [0.29, 0.717) is 0 Å². The van der Waals surface area contributed by atoms with Gasteiger partial charge >= 0.3 is 0 Å². The average molecular weight is 271 g/mol. The van der Waals surface area contributed by atoms with Crippen LogP contribution in [0.25, 0.3) is 10.6 Å². The number of nitrogens with two attached hydrogens (primary N) is 1. The van der Waals surface area contributed by atoms with Crippen LogP contribution in [0.1, 0.15) is 24.3 Å². The van der Waals surface area contributed by atoms with Gasteiger partial charge in [0.1, 0.15) is 5.01 Å². The third kappa shape index (κ3) is 1.70. The standard InChI is InChI=1S/C11H11ClN2S2/c12-9-3-2-8(16-9)7-6-15-10(14-7)11(13)4-1-5-11/h2-3,6H,1,4-5,13H2. The summed E-state index contributed by atoms with van der Waals surface area (Å²) in [5, 5.41) is 3.14. The molecular formula is C11H11ClN2S2. The predicted molar refractivity (Wildman–Crippen MR) is 70.2 cm³/mol. The second-order valence-electron chi connectivity index (χ2n) is 4.15. The van der Waals surface area contributed by atoms with Gasteiger partial charge in [0.15, 0.2) is 0 Å². The molecule has 2 aromatic heterocycles. The molecule has 0 aromatic carbocycles. The molecule has 3 rings (SSSR count). The summed E-state index contributed by atoms with van der Waals surface area (Å²) in [4.78, 5) is 5.75. The van der Waals surface area contributed by atoms with E-state index in [1.807, 2.05) is 12.1 Å². The van der Waals surface area contributed by atoms with Crippen molar-refractivity contribution in [1.29, 1.82) is 0 Å². The minimum Gasteiger partial charge on any atom is -0.319 e. The van der Waals surface area contributed by atoms with Gasteiger partial charge in [-0.15, -0.1) is 22.7 Å². The molecule has 1 fully saturated rings. The zero-order chi connectivity index (χ0) is 11.2. The molecule has 0 atom stereocenters. The van der Waals surface area contributed by atoms with Gasteiger partial charge in [-0.1, -0.05) is 11.6 Å². The Morgan fingerprint density at radius 2 is 2.19 bits per heavy atom. The smallest absolute Gasteiger partial charge is 0.113 e. The van der Waals surface area contributed by atoms with E-state index in [9.17, 15) is 0 Å². The first-order chi connectivity index (χ1) is 7.67. The molecule has 5 heteroatoms. The molecule has 84 valence electrons. The second-order valence-corrected chi connectivity index (χ2v) is 6.72. The van der Waals surface area contributed by atoms with Gasteiger partial charge in [0.25, 0.3) is 0 Å². The van der Waals surface area contributed by atoms with E-state index in [2.05, 4.69) is 10.4 Å². The fourth-order valence-corrected chi connectivity index (χ4v) is 3.91. The first-order valence-corrected chi connectivity index (χ1v) is 7.25. The highest BCUT2D eigenvalue weighted by molar-refractivity contribution is 7.19. The SMILES string of the molecule is NC1(c2nc(-c3ccc(Cl)s3)cs2)CCC1. The van der Waals surface area contributed by atoms with Crippen LogP contribution in [0, 0.1) is 0 Å². The highest BCUT2D eigenvalue weighted by atomic mass is 35.5. The van der Waals surface area contributed by atoms with Gasteiger partial charge in [0, 0.05) is 5.38 Å². The van der Waals surface area contributed by atoms with Crippen molar-refractivity contribution in [3.05, 3.63) is 26.9 Å². The van der Waals surface area contributed by atoms with Crippen LogP contribution >= 0.6 is 34.3 Å². The number of nitrogens with zero attached hydrogens (tertiary/aromatic N) is 1. The van der Waals surface area contributed by atoms with Crippen LogP contribution in [0.2, 0.25) is 4.34 Å². The summed E-state index contributed by atoms with van der Waals surface area (Å²) >= 11 is 9.14. The molecule has 0 aliphatic heterocycles. The van der Waals surface area contributed by atoms with Gasteiger partial charge in [-0.05, 0) is 31.4 Å². The Morgan fingerprint density at radius 1 is 1.38 bits per heavy atom. The predicted octanol–water partition coefficient (Wildman–Crippen LogP) is 3.86. The van der Waals surface area contributed by atoms with E-state index < -0.39 is 0 Å². The first-order valence-electron chi connectivity index (χ1n) is 5.18. The Labute approximate surface area is 107 Å². The third-order valence-corrected chi connectivity index (χ3v) is 5.32. The molecule has 0 spiro atoms. The van der Waals surface area contributed by atoms with Gasteiger partial charge in [-0.2, -0.15) is 0 Å². The fourth-order valence-electron chi connectivity index (χ4n) is 1.84. The van der Waals surface area contributed by atoms with Crippen LogP contribution < -0.4 is 5.73 Å². The monoisotopic (exact) mass is 270 g/mol. The van der Waals surface area contributed by atoms with Gasteiger partial charge in [-0.3, -0.25) is 0 Å². The normalized spacial score (nSPS) is 18.4. The van der Waals surface area contributed by atoms with Crippen molar-refractivity contribution in [2.45, 2.75) is 24.8 Å². The molecule has 16 heavy (non-hydrogen) atoms. The molecule has 2 aromatic rings. The summed E-state index contributed by atoms with van der Waals surface area (Å²) in [6.07, 6.45) is 3.34. The Bertz CT molecular complexity index is 514. The summed E-state index contributed by atoms with van der Waals surface area (Å²) in [6, 6.07) is 3.91. The largest absolute Gasteiger partial charge is 0.319 e.